The Morgan fingerprint density at radius 2 is 2.12 bits per heavy atom. The van der Waals surface area contributed by atoms with Gasteiger partial charge in [-0.2, -0.15) is 0 Å². The Hall–Kier alpha value is -0.810. The van der Waals surface area contributed by atoms with Crippen LogP contribution in [0.25, 0.3) is 0 Å². The highest BCUT2D eigenvalue weighted by Crippen LogP contribution is 2.22. The molecule has 0 radical (unpaired) electrons. The summed E-state index contributed by atoms with van der Waals surface area (Å²) >= 11 is 0. The minimum absolute atomic E-state index is 0.270. The lowest BCUT2D eigenvalue weighted by Crippen LogP contribution is -2.32. The predicted molar refractivity (Wildman–Crippen MR) is 66.2 cm³/mol. The van der Waals surface area contributed by atoms with Crippen LogP contribution in [0.15, 0.2) is 5.16 Å². The maximum absolute atomic E-state index is 8.65. The zero-order valence-corrected chi connectivity index (χ0v) is 10.8. The standard InChI is InChI=1S/C12H24N2O3/c1-12(2,11(13)14-15)6-3-7-17-10-4-8-16-9-5-10/h10,15H,3-9H2,1-2H3,(H2,13,14). The van der Waals surface area contributed by atoms with E-state index in [1.54, 1.807) is 0 Å². The summed E-state index contributed by atoms with van der Waals surface area (Å²) < 4.78 is 11.0. The molecule has 1 heterocycles. The molecule has 0 amide bonds. The van der Waals surface area contributed by atoms with Gasteiger partial charge < -0.3 is 20.4 Å². The number of hydrogen-bond donors (Lipinski definition) is 2. The summed E-state index contributed by atoms with van der Waals surface area (Å²) in [5.74, 6) is 0.281. The maximum Gasteiger partial charge on any atom is 0.144 e. The van der Waals surface area contributed by atoms with Crippen LogP contribution in [0.3, 0.4) is 0 Å². The van der Waals surface area contributed by atoms with Gasteiger partial charge in [-0.3, -0.25) is 0 Å². The molecular formula is C12H24N2O3. The van der Waals surface area contributed by atoms with Crippen LogP contribution in [0.1, 0.15) is 39.5 Å². The van der Waals surface area contributed by atoms with Crippen LogP contribution in [0.4, 0.5) is 0 Å². The van der Waals surface area contributed by atoms with Crippen molar-refractivity contribution in [2.75, 3.05) is 19.8 Å². The second-order valence-corrected chi connectivity index (χ2v) is 5.16. The summed E-state index contributed by atoms with van der Waals surface area (Å²) in [6, 6.07) is 0. The molecular weight excluding hydrogens is 220 g/mol. The zero-order valence-electron chi connectivity index (χ0n) is 10.8. The van der Waals surface area contributed by atoms with E-state index in [0.29, 0.717) is 6.10 Å². The number of hydrogen-bond acceptors (Lipinski definition) is 4. The van der Waals surface area contributed by atoms with Gasteiger partial charge in [-0.25, -0.2) is 0 Å². The smallest absolute Gasteiger partial charge is 0.144 e. The molecule has 0 aromatic rings. The van der Waals surface area contributed by atoms with Crippen molar-refractivity contribution in [2.24, 2.45) is 16.3 Å². The normalized spacial score (nSPS) is 19.5. The van der Waals surface area contributed by atoms with Crippen LogP contribution in [-0.2, 0) is 9.47 Å². The lowest BCUT2D eigenvalue weighted by atomic mass is 9.87. The molecule has 17 heavy (non-hydrogen) atoms. The van der Waals surface area contributed by atoms with Crippen molar-refractivity contribution < 1.29 is 14.7 Å². The quantitative estimate of drug-likeness (QED) is 0.245. The summed E-state index contributed by atoms with van der Waals surface area (Å²) in [6.45, 7) is 6.28. The van der Waals surface area contributed by atoms with Gasteiger partial charge in [0.1, 0.15) is 5.84 Å². The summed E-state index contributed by atoms with van der Waals surface area (Å²) in [5.41, 5.74) is 5.35. The molecule has 0 aromatic heterocycles. The van der Waals surface area contributed by atoms with Crippen molar-refractivity contribution in [1.29, 1.82) is 0 Å². The van der Waals surface area contributed by atoms with Crippen molar-refractivity contribution in [1.82, 2.24) is 0 Å². The third-order valence-electron chi connectivity index (χ3n) is 3.27. The molecule has 0 atom stereocenters. The monoisotopic (exact) mass is 244 g/mol. The van der Waals surface area contributed by atoms with Gasteiger partial charge in [0.15, 0.2) is 0 Å². The second kappa shape index (κ2) is 6.81. The molecule has 1 aliphatic rings. The highest BCUT2D eigenvalue weighted by atomic mass is 16.5. The summed E-state index contributed by atoms with van der Waals surface area (Å²) in [4.78, 5) is 0. The fourth-order valence-electron chi connectivity index (χ4n) is 1.87. The van der Waals surface area contributed by atoms with Crippen LogP contribution in [0, 0.1) is 5.41 Å². The Kier molecular flexibility index (Phi) is 5.71. The SMILES string of the molecule is CC(C)(CCCOC1CCOCC1)C(N)=NO. The summed E-state index contributed by atoms with van der Waals surface area (Å²) in [5, 5.41) is 11.7. The van der Waals surface area contributed by atoms with E-state index in [-0.39, 0.29) is 11.3 Å². The lowest BCUT2D eigenvalue weighted by Gasteiger charge is -2.25. The maximum atomic E-state index is 8.65. The third-order valence-corrected chi connectivity index (χ3v) is 3.27. The van der Waals surface area contributed by atoms with Crippen molar-refractivity contribution >= 4 is 5.84 Å². The van der Waals surface area contributed by atoms with Gasteiger partial charge in [0, 0.05) is 25.2 Å². The van der Waals surface area contributed by atoms with Gasteiger partial charge in [0.2, 0.25) is 0 Å². The van der Waals surface area contributed by atoms with Crippen LogP contribution in [0.2, 0.25) is 0 Å². The molecule has 5 heteroatoms. The summed E-state index contributed by atoms with van der Waals surface area (Å²) in [7, 11) is 0. The topological polar surface area (TPSA) is 77.1 Å². The number of oxime groups is 1. The van der Waals surface area contributed by atoms with Crippen LogP contribution < -0.4 is 5.73 Å². The van der Waals surface area contributed by atoms with Gasteiger partial charge >= 0.3 is 0 Å². The van der Waals surface area contributed by atoms with E-state index < -0.39 is 0 Å². The van der Waals surface area contributed by atoms with Gasteiger partial charge in [0.25, 0.3) is 0 Å². The fourth-order valence-corrected chi connectivity index (χ4v) is 1.87. The van der Waals surface area contributed by atoms with Crippen molar-refractivity contribution in [2.45, 2.75) is 45.6 Å². The van der Waals surface area contributed by atoms with E-state index in [1.807, 2.05) is 13.8 Å². The molecule has 1 saturated heterocycles. The first-order valence-electron chi connectivity index (χ1n) is 6.23. The molecule has 0 bridgehead atoms. The Balaban J connectivity index is 2.14. The molecule has 0 aliphatic carbocycles. The van der Waals surface area contributed by atoms with E-state index in [1.165, 1.54) is 0 Å². The third kappa shape index (κ3) is 4.91. The minimum Gasteiger partial charge on any atom is -0.409 e. The Labute approximate surface area is 103 Å². The first-order chi connectivity index (χ1) is 8.06. The predicted octanol–water partition coefficient (Wildman–Crippen LogP) is 1.73. The average Bonchev–Trinajstić information content (AvgIpc) is 2.35. The Morgan fingerprint density at radius 3 is 2.71 bits per heavy atom. The first-order valence-corrected chi connectivity index (χ1v) is 6.23. The molecule has 1 aliphatic heterocycles. The van der Waals surface area contributed by atoms with Crippen LogP contribution >= 0.6 is 0 Å². The van der Waals surface area contributed by atoms with Crippen molar-refractivity contribution in [3.05, 3.63) is 0 Å². The van der Waals surface area contributed by atoms with E-state index >= 15 is 0 Å². The number of rotatable bonds is 6. The highest BCUT2D eigenvalue weighted by Gasteiger charge is 2.23. The summed E-state index contributed by atoms with van der Waals surface area (Å²) in [6.07, 6.45) is 4.09. The van der Waals surface area contributed by atoms with E-state index in [0.717, 1.165) is 45.5 Å². The van der Waals surface area contributed by atoms with E-state index in [2.05, 4.69) is 5.16 Å². The molecule has 0 unspecified atom stereocenters. The second-order valence-electron chi connectivity index (χ2n) is 5.16. The number of ether oxygens (including phenoxy) is 2. The van der Waals surface area contributed by atoms with Gasteiger partial charge in [0.05, 0.1) is 6.10 Å². The molecule has 100 valence electrons. The van der Waals surface area contributed by atoms with E-state index in [4.69, 9.17) is 20.4 Å². The van der Waals surface area contributed by atoms with Crippen LogP contribution in [-0.4, -0.2) is 37.0 Å². The molecule has 0 aromatic carbocycles. The zero-order chi connectivity index (χ0) is 12.7. The van der Waals surface area contributed by atoms with Crippen LogP contribution in [0.5, 0.6) is 0 Å². The average molecular weight is 244 g/mol. The Bertz CT molecular complexity index is 248. The van der Waals surface area contributed by atoms with Gasteiger partial charge in [-0.15, -0.1) is 0 Å². The number of nitrogens with two attached hydrogens (primary N) is 1. The molecule has 5 nitrogen and oxygen atoms in total. The molecule has 0 spiro atoms. The lowest BCUT2D eigenvalue weighted by molar-refractivity contribution is -0.0335. The minimum atomic E-state index is -0.270. The largest absolute Gasteiger partial charge is 0.409 e. The van der Waals surface area contributed by atoms with Gasteiger partial charge in [-0.05, 0) is 25.7 Å². The highest BCUT2D eigenvalue weighted by molar-refractivity contribution is 5.85. The Morgan fingerprint density at radius 1 is 1.47 bits per heavy atom. The van der Waals surface area contributed by atoms with Crippen molar-refractivity contribution in [3.8, 4) is 0 Å². The number of amidine groups is 1. The molecule has 1 rings (SSSR count). The van der Waals surface area contributed by atoms with Crippen molar-refractivity contribution in [3.63, 3.8) is 0 Å². The van der Waals surface area contributed by atoms with E-state index in [9.17, 15) is 0 Å². The number of nitrogens with zero attached hydrogens (tertiary/aromatic N) is 1. The fraction of sp³-hybridized carbons (Fsp3) is 0.917. The first kappa shape index (κ1) is 14.3. The molecule has 0 saturated carbocycles. The molecule has 1 fully saturated rings. The molecule has 3 N–H and O–H groups in total. The van der Waals surface area contributed by atoms with Gasteiger partial charge in [-0.1, -0.05) is 19.0 Å².